The molecule has 11 heavy (non-hydrogen) atoms. The SMILES string of the molecule is COc1cc(N)cc(O)c1O. The van der Waals surface area contributed by atoms with E-state index in [0.717, 1.165) is 0 Å². The molecule has 4 nitrogen and oxygen atoms in total. The first-order chi connectivity index (χ1) is 5.15. The molecule has 0 aliphatic rings. The zero-order valence-electron chi connectivity index (χ0n) is 6.03. The van der Waals surface area contributed by atoms with Crippen molar-refractivity contribution in [3.63, 3.8) is 0 Å². The fourth-order valence-corrected chi connectivity index (χ4v) is 0.769. The third-order valence-corrected chi connectivity index (χ3v) is 1.30. The Balaban J connectivity index is 3.24. The van der Waals surface area contributed by atoms with Crippen LogP contribution in [0.5, 0.6) is 17.2 Å². The van der Waals surface area contributed by atoms with E-state index < -0.39 is 0 Å². The number of nitrogen functional groups attached to an aromatic ring is 1. The zero-order chi connectivity index (χ0) is 8.43. The lowest BCUT2D eigenvalue weighted by atomic mass is 10.2. The van der Waals surface area contributed by atoms with E-state index in [4.69, 9.17) is 20.7 Å². The molecular formula is C7H9NO3. The van der Waals surface area contributed by atoms with E-state index in [9.17, 15) is 0 Å². The topological polar surface area (TPSA) is 75.7 Å². The second-order valence-electron chi connectivity index (χ2n) is 2.09. The normalized spacial score (nSPS) is 9.55. The smallest absolute Gasteiger partial charge is 0.200 e. The molecule has 0 radical (unpaired) electrons. The summed E-state index contributed by atoms with van der Waals surface area (Å²) in [5.74, 6) is -0.397. The molecule has 0 bridgehead atoms. The van der Waals surface area contributed by atoms with Gasteiger partial charge in [-0.2, -0.15) is 0 Å². The van der Waals surface area contributed by atoms with Crippen molar-refractivity contribution in [2.75, 3.05) is 12.8 Å². The Labute approximate surface area is 63.8 Å². The van der Waals surface area contributed by atoms with Crippen LogP contribution in [0.25, 0.3) is 0 Å². The maximum absolute atomic E-state index is 9.09. The van der Waals surface area contributed by atoms with E-state index in [1.165, 1.54) is 19.2 Å². The van der Waals surface area contributed by atoms with Crippen LogP contribution in [0.4, 0.5) is 5.69 Å². The van der Waals surface area contributed by atoms with E-state index in [1.807, 2.05) is 0 Å². The van der Waals surface area contributed by atoms with Crippen LogP contribution in [0, 0.1) is 0 Å². The summed E-state index contributed by atoms with van der Waals surface area (Å²) in [6, 6.07) is 2.67. The average Bonchev–Trinajstić information content (AvgIpc) is 1.96. The van der Waals surface area contributed by atoms with Gasteiger partial charge in [-0.25, -0.2) is 0 Å². The molecule has 60 valence electrons. The first-order valence-corrected chi connectivity index (χ1v) is 3.00. The van der Waals surface area contributed by atoms with Crippen LogP contribution in [0.3, 0.4) is 0 Å². The van der Waals surface area contributed by atoms with Crippen LogP contribution >= 0.6 is 0 Å². The first-order valence-electron chi connectivity index (χ1n) is 3.00. The summed E-state index contributed by atoms with van der Waals surface area (Å²) in [6.45, 7) is 0. The van der Waals surface area contributed by atoms with E-state index in [2.05, 4.69) is 0 Å². The second kappa shape index (κ2) is 2.57. The van der Waals surface area contributed by atoms with Crippen molar-refractivity contribution >= 4 is 5.69 Å². The summed E-state index contributed by atoms with van der Waals surface area (Å²) >= 11 is 0. The molecule has 0 heterocycles. The standard InChI is InChI=1S/C7H9NO3/c1-11-6-3-4(8)2-5(9)7(6)10/h2-3,9-10H,8H2,1H3. The Morgan fingerprint density at radius 2 is 2.00 bits per heavy atom. The van der Waals surface area contributed by atoms with E-state index >= 15 is 0 Å². The van der Waals surface area contributed by atoms with Gasteiger partial charge in [0.05, 0.1) is 7.11 Å². The molecule has 0 amide bonds. The van der Waals surface area contributed by atoms with Gasteiger partial charge in [0, 0.05) is 17.8 Å². The van der Waals surface area contributed by atoms with Crippen molar-refractivity contribution in [1.82, 2.24) is 0 Å². The number of benzene rings is 1. The fourth-order valence-electron chi connectivity index (χ4n) is 0.769. The first kappa shape index (κ1) is 7.53. The molecule has 0 aromatic heterocycles. The van der Waals surface area contributed by atoms with E-state index in [-0.39, 0.29) is 17.2 Å². The summed E-state index contributed by atoms with van der Waals surface area (Å²) < 4.78 is 4.72. The van der Waals surface area contributed by atoms with E-state index in [1.54, 1.807) is 0 Å². The highest BCUT2D eigenvalue weighted by molar-refractivity contribution is 5.59. The number of hydrogen-bond donors (Lipinski definition) is 3. The number of nitrogens with two attached hydrogens (primary N) is 1. The van der Waals surface area contributed by atoms with Gasteiger partial charge in [-0.1, -0.05) is 0 Å². The predicted molar refractivity (Wildman–Crippen MR) is 40.7 cm³/mol. The van der Waals surface area contributed by atoms with Crippen molar-refractivity contribution in [3.05, 3.63) is 12.1 Å². The Bertz CT molecular complexity index is 273. The quantitative estimate of drug-likeness (QED) is 0.317. The van der Waals surface area contributed by atoms with Gasteiger partial charge in [0.1, 0.15) is 0 Å². The maximum atomic E-state index is 9.09. The molecule has 0 spiro atoms. The predicted octanol–water partition coefficient (Wildman–Crippen LogP) is 0.689. The molecule has 4 N–H and O–H groups in total. The molecule has 1 aromatic carbocycles. The maximum Gasteiger partial charge on any atom is 0.200 e. The van der Waals surface area contributed by atoms with Crippen LogP contribution in [-0.4, -0.2) is 17.3 Å². The van der Waals surface area contributed by atoms with Crippen molar-refractivity contribution < 1.29 is 14.9 Å². The molecule has 0 unspecified atom stereocenters. The summed E-state index contributed by atoms with van der Waals surface area (Å²) in [5, 5.41) is 18.1. The number of anilines is 1. The third kappa shape index (κ3) is 1.29. The lowest BCUT2D eigenvalue weighted by Crippen LogP contribution is -1.88. The molecule has 0 saturated carbocycles. The Kier molecular flexibility index (Phi) is 1.76. The Morgan fingerprint density at radius 3 is 2.55 bits per heavy atom. The molecular weight excluding hydrogens is 146 g/mol. The Hall–Kier alpha value is -1.58. The van der Waals surface area contributed by atoms with Gasteiger partial charge < -0.3 is 20.7 Å². The van der Waals surface area contributed by atoms with Crippen LogP contribution < -0.4 is 10.5 Å². The van der Waals surface area contributed by atoms with Crippen molar-refractivity contribution in [2.45, 2.75) is 0 Å². The number of phenols is 2. The minimum absolute atomic E-state index is 0.169. The van der Waals surface area contributed by atoms with Crippen molar-refractivity contribution in [2.24, 2.45) is 0 Å². The largest absolute Gasteiger partial charge is 0.504 e. The van der Waals surface area contributed by atoms with Gasteiger partial charge in [-0.05, 0) is 0 Å². The number of aromatic hydroxyl groups is 2. The van der Waals surface area contributed by atoms with Gasteiger partial charge in [-0.15, -0.1) is 0 Å². The lowest BCUT2D eigenvalue weighted by Gasteiger charge is -2.05. The summed E-state index contributed by atoms with van der Waals surface area (Å²) in [6.07, 6.45) is 0. The molecule has 0 atom stereocenters. The highest BCUT2D eigenvalue weighted by Crippen LogP contribution is 2.36. The number of phenolic OH excluding ortho intramolecular Hbond substituents is 2. The molecule has 0 aliphatic carbocycles. The summed E-state index contributed by atoms with van der Waals surface area (Å²) in [5.41, 5.74) is 5.70. The highest BCUT2D eigenvalue weighted by atomic mass is 16.5. The minimum atomic E-state index is -0.290. The monoisotopic (exact) mass is 155 g/mol. The van der Waals surface area contributed by atoms with Gasteiger partial charge in [0.15, 0.2) is 11.5 Å². The van der Waals surface area contributed by atoms with Gasteiger partial charge in [0.2, 0.25) is 5.75 Å². The van der Waals surface area contributed by atoms with Crippen LogP contribution in [-0.2, 0) is 0 Å². The summed E-state index contributed by atoms with van der Waals surface area (Å²) in [4.78, 5) is 0. The zero-order valence-corrected chi connectivity index (χ0v) is 6.03. The van der Waals surface area contributed by atoms with Gasteiger partial charge >= 0.3 is 0 Å². The molecule has 0 saturated heterocycles. The summed E-state index contributed by atoms with van der Waals surface area (Å²) in [7, 11) is 1.38. The second-order valence-corrected chi connectivity index (χ2v) is 2.09. The number of methoxy groups -OCH3 is 1. The molecule has 0 fully saturated rings. The average molecular weight is 155 g/mol. The minimum Gasteiger partial charge on any atom is -0.504 e. The third-order valence-electron chi connectivity index (χ3n) is 1.30. The lowest BCUT2D eigenvalue weighted by molar-refractivity contribution is 0.351. The van der Waals surface area contributed by atoms with Crippen LogP contribution in [0.15, 0.2) is 12.1 Å². The number of ether oxygens (including phenoxy) is 1. The Morgan fingerprint density at radius 1 is 1.36 bits per heavy atom. The highest BCUT2D eigenvalue weighted by Gasteiger charge is 2.06. The van der Waals surface area contributed by atoms with Gasteiger partial charge in [-0.3, -0.25) is 0 Å². The van der Waals surface area contributed by atoms with Gasteiger partial charge in [0.25, 0.3) is 0 Å². The van der Waals surface area contributed by atoms with Crippen LogP contribution in [0.2, 0.25) is 0 Å². The van der Waals surface area contributed by atoms with Crippen molar-refractivity contribution in [3.8, 4) is 17.2 Å². The molecule has 1 rings (SSSR count). The fraction of sp³-hybridized carbons (Fsp3) is 0.143. The number of hydrogen-bond acceptors (Lipinski definition) is 4. The molecule has 4 heteroatoms. The molecule has 0 aliphatic heterocycles. The molecule has 1 aromatic rings. The number of rotatable bonds is 1. The van der Waals surface area contributed by atoms with Crippen LogP contribution in [0.1, 0.15) is 0 Å². The van der Waals surface area contributed by atoms with Crippen molar-refractivity contribution in [1.29, 1.82) is 0 Å². The van der Waals surface area contributed by atoms with E-state index in [0.29, 0.717) is 5.69 Å².